The molecule has 0 bridgehead atoms. The lowest BCUT2D eigenvalue weighted by Gasteiger charge is -2.27. The van der Waals surface area contributed by atoms with Crippen LogP contribution in [-0.2, 0) is 0 Å². The Bertz CT molecular complexity index is 1290. The van der Waals surface area contributed by atoms with Gasteiger partial charge in [0.05, 0.1) is 16.2 Å². The number of rotatable bonds is 9. The molecule has 0 atom stereocenters. The van der Waals surface area contributed by atoms with Gasteiger partial charge in [-0.05, 0) is 61.5 Å². The first-order valence-electron chi connectivity index (χ1n) is 11.6. The Morgan fingerprint density at radius 1 is 0.778 bits per heavy atom. The standard InChI is InChI=1S/C30H27N3O2P/c1-25(32-31-23-13-15-26-14-11-12-22-30(26)33(34)35)24-36(27-16-5-2-6-17-27,28-18-7-3-8-19-28)29-20-9-4-10-21-29/h2-23H,24H2,1H3/q+1/b15-13+,31-23-,32-25-. The van der Waals surface area contributed by atoms with Crippen LogP contribution in [0.3, 0.4) is 0 Å². The molecule has 4 rings (SSSR count). The highest BCUT2D eigenvalue weighted by atomic mass is 31.2. The number of benzene rings is 4. The average molecular weight is 493 g/mol. The third kappa shape index (κ3) is 5.70. The maximum Gasteiger partial charge on any atom is 0.276 e. The molecular weight excluding hydrogens is 465 g/mol. The van der Waals surface area contributed by atoms with Crippen molar-refractivity contribution in [2.24, 2.45) is 10.2 Å². The van der Waals surface area contributed by atoms with E-state index in [1.165, 1.54) is 22.0 Å². The van der Waals surface area contributed by atoms with E-state index in [9.17, 15) is 10.1 Å². The lowest BCUT2D eigenvalue weighted by atomic mass is 10.2. The quantitative estimate of drug-likeness (QED) is 0.124. The van der Waals surface area contributed by atoms with Gasteiger partial charge in [-0.1, -0.05) is 66.7 Å². The number of allylic oxidation sites excluding steroid dienone is 1. The predicted molar refractivity (Wildman–Crippen MR) is 154 cm³/mol. The second-order valence-electron chi connectivity index (χ2n) is 8.25. The van der Waals surface area contributed by atoms with Gasteiger partial charge in [0.15, 0.2) is 0 Å². The fourth-order valence-corrected chi connectivity index (χ4v) is 8.49. The fraction of sp³-hybridized carbons (Fsp3) is 0.0667. The van der Waals surface area contributed by atoms with E-state index in [0.717, 1.165) is 11.9 Å². The largest absolute Gasteiger partial charge is 0.276 e. The minimum atomic E-state index is -2.03. The van der Waals surface area contributed by atoms with E-state index in [0.29, 0.717) is 5.56 Å². The molecule has 6 heteroatoms. The lowest BCUT2D eigenvalue weighted by Crippen LogP contribution is -2.35. The summed E-state index contributed by atoms with van der Waals surface area (Å²) in [4.78, 5) is 10.8. The minimum Gasteiger partial charge on any atom is -0.258 e. The monoisotopic (exact) mass is 492 g/mol. The number of nitrogens with zero attached hydrogens (tertiary/aromatic N) is 3. The molecule has 0 aliphatic rings. The van der Waals surface area contributed by atoms with E-state index >= 15 is 0 Å². The molecule has 4 aromatic carbocycles. The molecule has 0 aliphatic carbocycles. The molecule has 0 fully saturated rings. The van der Waals surface area contributed by atoms with Crippen molar-refractivity contribution < 1.29 is 4.92 Å². The second-order valence-corrected chi connectivity index (χ2v) is 11.7. The van der Waals surface area contributed by atoms with E-state index in [2.05, 4.69) is 83.0 Å². The Morgan fingerprint density at radius 3 is 1.75 bits per heavy atom. The van der Waals surface area contributed by atoms with E-state index in [4.69, 9.17) is 0 Å². The number of para-hydroxylation sites is 1. The van der Waals surface area contributed by atoms with Gasteiger partial charge in [0.1, 0.15) is 29.3 Å². The van der Waals surface area contributed by atoms with Crippen molar-refractivity contribution in [3.05, 3.63) is 137 Å². The molecule has 0 radical (unpaired) electrons. The normalized spacial score (nSPS) is 12.3. The van der Waals surface area contributed by atoms with Gasteiger partial charge in [-0.15, -0.1) is 0 Å². The van der Waals surface area contributed by atoms with Gasteiger partial charge in [-0.25, -0.2) is 0 Å². The highest BCUT2D eigenvalue weighted by Crippen LogP contribution is 2.55. The van der Waals surface area contributed by atoms with Crippen LogP contribution in [0, 0.1) is 10.1 Å². The second kappa shape index (κ2) is 12.0. The SMILES string of the molecule is C/C(C[P+](c1ccccc1)(c1ccccc1)c1ccccc1)=N/N=C\C=C\c1ccccc1[N+](=O)[O-]. The Morgan fingerprint density at radius 2 is 1.25 bits per heavy atom. The zero-order chi connectivity index (χ0) is 25.2. The van der Waals surface area contributed by atoms with Crippen LogP contribution in [0.5, 0.6) is 0 Å². The first kappa shape index (κ1) is 24.9. The van der Waals surface area contributed by atoms with Crippen molar-refractivity contribution in [1.82, 2.24) is 0 Å². The van der Waals surface area contributed by atoms with Crippen LogP contribution in [0.2, 0.25) is 0 Å². The molecule has 0 spiro atoms. The Kier molecular flexibility index (Phi) is 8.28. The number of hydrogen-bond acceptors (Lipinski definition) is 4. The molecule has 0 amide bonds. The highest BCUT2D eigenvalue weighted by molar-refractivity contribution is 7.96. The van der Waals surface area contributed by atoms with Gasteiger partial charge in [0.2, 0.25) is 0 Å². The summed E-state index contributed by atoms with van der Waals surface area (Å²) in [6.45, 7) is 2.01. The molecule has 36 heavy (non-hydrogen) atoms. The van der Waals surface area contributed by atoms with Crippen LogP contribution in [-0.4, -0.2) is 23.0 Å². The summed E-state index contributed by atoms with van der Waals surface area (Å²) in [6.07, 6.45) is 5.65. The van der Waals surface area contributed by atoms with Gasteiger partial charge >= 0.3 is 0 Å². The van der Waals surface area contributed by atoms with Crippen LogP contribution < -0.4 is 15.9 Å². The van der Waals surface area contributed by atoms with Crippen LogP contribution in [0.1, 0.15) is 12.5 Å². The minimum absolute atomic E-state index is 0.0602. The van der Waals surface area contributed by atoms with Crippen molar-refractivity contribution in [2.75, 3.05) is 6.16 Å². The Hall–Kier alpha value is -4.21. The van der Waals surface area contributed by atoms with Crippen LogP contribution in [0.4, 0.5) is 5.69 Å². The molecule has 0 unspecified atom stereocenters. The first-order valence-corrected chi connectivity index (χ1v) is 13.6. The molecule has 0 saturated heterocycles. The summed E-state index contributed by atoms with van der Waals surface area (Å²) in [7, 11) is -2.03. The number of nitro benzene ring substituents is 1. The van der Waals surface area contributed by atoms with Crippen molar-refractivity contribution in [3.8, 4) is 0 Å². The molecule has 0 N–H and O–H groups in total. The fourth-order valence-electron chi connectivity index (χ4n) is 4.26. The van der Waals surface area contributed by atoms with Gasteiger partial charge in [0.25, 0.3) is 5.69 Å². The smallest absolute Gasteiger partial charge is 0.258 e. The van der Waals surface area contributed by atoms with Crippen LogP contribution in [0.15, 0.2) is 132 Å². The van der Waals surface area contributed by atoms with E-state index in [1.54, 1.807) is 36.6 Å². The Labute approximate surface area is 212 Å². The molecule has 0 saturated carbocycles. The molecule has 0 aromatic heterocycles. The van der Waals surface area contributed by atoms with Gasteiger partial charge in [0, 0.05) is 12.3 Å². The van der Waals surface area contributed by atoms with Crippen LogP contribution >= 0.6 is 7.26 Å². The first-order chi connectivity index (χ1) is 17.6. The summed E-state index contributed by atoms with van der Waals surface area (Å²) >= 11 is 0. The third-order valence-corrected chi connectivity index (χ3v) is 10.3. The van der Waals surface area contributed by atoms with Crippen LogP contribution in [0.25, 0.3) is 6.08 Å². The molecule has 4 aromatic rings. The summed E-state index contributed by atoms with van der Waals surface area (Å²) in [5.41, 5.74) is 1.50. The van der Waals surface area contributed by atoms with Crippen molar-refractivity contribution in [2.45, 2.75) is 6.92 Å². The molecule has 5 nitrogen and oxygen atoms in total. The summed E-state index contributed by atoms with van der Waals surface area (Å²) in [6, 6.07) is 38.5. The van der Waals surface area contributed by atoms with Crippen molar-refractivity contribution >= 4 is 46.9 Å². The van der Waals surface area contributed by atoms with E-state index in [1.807, 2.05) is 25.1 Å². The molecule has 178 valence electrons. The van der Waals surface area contributed by atoms with Crippen molar-refractivity contribution in [1.29, 1.82) is 0 Å². The molecule has 0 heterocycles. The van der Waals surface area contributed by atoms with E-state index < -0.39 is 7.26 Å². The summed E-state index contributed by atoms with van der Waals surface area (Å²) in [5.74, 6) is 0. The van der Waals surface area contributed by atoms with Gasteiger partial charge in [-0.2, -0.15) is 10.2 Å². The topological polar surface area (TPSA) is 67.9 Å². The maximum absolute atomic E-state index is 11.2. The summed E-state index contributed by atoms with van der Waals surface area (Å²) in [5, 5.41) is 23.8. The van der Waals surface area contributed by atoms with Crippen molar-refractivity contribution in [3.63, 3.8) is 0 Å². The average Bonchev–Trinajstić information content (AvgIpc) is 2.93. The maximum atomic E-state index is 11.2. The number of nitro groups is 1. The summed E-state index contributed by atoms with van der Waals surface area (Å²) < 4.78 is 0. The van der Waals surface area contributed by atoms with Gasteiger partial charge < -0.3 is 0 Å². The molecule has 0 aliphatic heterocycles. The highest BCUT2D eigenvalue weighted by Gasteiger charge is 2.45. The zero-order valence-corrected chi connectivity index (χ0v) is 20.9. The predicted octanol–water partition coefficient (Wildman–Crippen LogP) is 6.05. The Balaban J connectivity index is 1.67. The lowest BCUT2D eigenvalue weighted by molar-refractivity contribution is -0.385. The molecular formula is C30H27N3O2P+. The third-order valence-electron chi connectivity index (χ3n) is 5.85. The number of hydrogen-bond donors (Lipinski definition) is 0. The van der Waals surface area contributed by atoms with E-state index in [-0.39, 0.29) is 10.6 Å². The zero-order valence-electron chi connectivity index (χ0n) is 20.0. The van der Waals surface area contributed by atoms with Gasteiger partial charge in [-0.3, -0.25) is 10.1 Å².